The molecule has 0 radical (unpaired) electrons. The second-order valence-corrected chi connectivity index (χ2v) is 4.81. The summed E-state index contributed by atoms with van der Waals surface area (Å²) in [6, 6.07) is 2.98. The zero-order valence-corrected chi connectivity index (χ0v) is 8.44. The number of fused-ring (bicyclic) bond motifs is 3. The lowest BCUT2D eigenvalue weighted by atomic mass is 9.98. The second kappa shape index (κ2) is 3.08. The van der Waals surface area contributed by atoms with Gasteiger partial charge in [-0.3, -0.25) is 4.90 Å². The zero-order valence-electron chi connectivity index (χ0n) is 7.62. The van der Waals surface area contributed by atoms with Gasteiger partial charge in [0.25, 0.3) is 0 Å². The van der Waals surface area contributed by atoms with Crippen LogP contribution in [0, 0.1) is 0 Å². The minimum Gasteiger partial charge on any atom is -0.314 e. The molecule has 0 aromatic carbocycles. The van der Waals surface area contributed by atoms with Crippen LogP contribution in [0.25, 0.3) is 0 Å². The molecule has 1 aromatic rings. The van der Waals surface area contributed by atoms with E-state index in [1.807, 2.05) is 11.3 Å². The van der Waals surface area contributed by atoms with Crippen molar-refractivity contribution in [3.8, 4) is 0 Å². The van der Waals surface area contributed by atoms with E-state index in [-0.39, 0.29) is 0 Å². The third-order valence-corrected chi connectivity index (χ3v) is 4.12. The number of hydrogen-bond donors (Lipinski definition) is 1. The number of nitrogens with one attached hydrogen (secondary N) is 1. The summed E-state index contributed by atoms with van der Waals surface area (Å²) in [6.45, 7) is 4.79. The molecule has 2 aliphatic rings. The van der Waals surface area contributed by atoms with Crippen molar-refractivity contribution in [2.45, 2.75) is 12.5 Å². The van der Waals surface area contributed by atoms with Gasteiger partial charge in [0.2, 0.25) is 0 Å². The summed E-state index contributed by atoms with van der Waals surface area (Å²) >= 11 is 1.93. The fourth-order valence-corrected chi connectivity index (χ4v) is 3.34. The Hall–Kier alpha value is -0.380. The number of piperazine rings is 1. The van der Waals surface area contributed by atoms with Crippen molar-refractivity contribution < 1.29 is 0 Å². The predicted molar refractivity (Wildman–Crippen MR) is 55.2 cm³/mol. The molecule has 1 atom stereocenters. The van der Waals surface area contributed by atoms with Crippen LogP contribution < -0.4 is 5.32 Å². The van der Waals surface area contributed by atoms with Crippen LogP contribution in [-0.2, 0) is 6.42 Å². The van der Waals surface area contributed by atoms with E-state index in [0.29, 0.717) is 6.04 Å². The number of nitrogens with zero attached hydrogens (tertiary/aromatic N) is 1. The first-order chi connectivity index (χ1) is 6.45. The van der Waals surface area contributed by atoms with E-state index in [0.717, 1.165) is 13.1 Å². The monoisotopic (exact) mass is 194 g/mol. The molecule has 0 aliphatic carbocycles. The maximum absolute atomic E-state index is 3.48. The number of thiophene rings is 1. The van der Waals surface area contributed by atoms with Crippen molar-refractivity contribution in [3.63, 3.8) is 0 Å². The van der Waals surface area contributed by atoms with Gasteiger partial charge in [0.15, 0.2) is 0 Å². The Bertz CT molecular complexity index is 308. The summed E-state index contributed by atoms with van der Waals surface area (Å²) in [4.78, 5) is 4.23. The van der Waals surface area contributed by atoms with Gasteiger partial charge in [-0.25, -0.2) is 0 Å². The molecule has 1 unspecified atom stereocenters. The van der Waals surface area contributed by atoms with Gasteiger partial charge in [0.1, 0.15) is 0 Å². The van der Waals surface area contributed by atoms with Gasteiger partial charge in [-0.1, -0.05) is 0 Å². The number of rotatable bonds is 0. The first-order valence-corrected chi connectivity index (χ1v) is 5.84. The summed E-state index contributed by atoms with van der Waals surface area (Å²) in [5.74, 6) is 0. The second-order valence-electron chi connectivity index (χ2n) is 3.81. The van der Waals surface area contributed by atoms with E-state index in [1.54, 1.807) is 10.4 Å². The minimum atomic E-state index is 0.670. The lowest BCUT2D eigenvalue weighted by Gasteiger charge is -2.39. The highest BCUT2D eigenvalue weighted by molar-refractivity contribution is 7.10. The Labute approximate surface area is 82.6 Å². The minimum absolute atomic E-state index is 0.670. The summed E-state index contributed by atoms with van der Waals surface area (Å²) in [6.07, 6.45) is 1.27. The highest BCUT2D eigenvalue weighted by atomic mass is 32.1. The molecule has 3 rings (SSSR count). The van der Waals surface area contributed by atoms with E-state index in [9.17, 15) is 0 Å². The van der Waals surface area contributed by atoms with Crippen molar-refractivity contribution in [1.29, 1.82) is 0 Å². The number of hydrogen-bond acceptors (Lipinski definition) is 3. The van der Waals surface area contributed by atoms with Gasteiger partial charge in [0.05, 0.1) is 0 Å². The standard InChI is InChI=1S/C10H14N2S/c1-4-12-5-3-11-7-9(12)8-2-6-13-10(1)8/h2,6,9,11H,1,3-5,7H2. The molecule has 1 aromatic heterocycles. The van der Waals surface area contributed by atoms with E-state index >= 15 is 0 Å². The molecule has 70 valence electrons. The Morgan fingerprint density at radius 1 is 1.46 bits per heavy atom. The van der Waals surface area contributed by atoms with Gasteiger partial charge in [-0.2, -0.15) is 0 Å². The van der Waals surface area contributed by atoms with Crippen LogP contribution in [0.3, 0.4) is 0 Å². The molecular weight excluding hydrogens is 180 g/mol. The Kier molecular flexibility index (Phi) is 1.89. The van der Waals surface area contributed by atoms with Gasteiger partial charge < -0.3 is 5.32 Å². The Morgan fingerprint density at radius 3 is 3.46 bits per heavy atom. The molecule has 0 bridgehead atoms. The van der Waals surface area contributed by atoms with Crippen LogP contribution in [0.2, 0.25) is 0 Å². The van der Waals surface area contributed by atoms with Gasteiger partial charge in [-0.15, -0.1) is 11.3 Å². The van der Waals surface area contributed by atoms with Gasteiger partial charge >= 0.3 is 0 Å². The fourth-order valence-electron chi connectivity index (χ4n) is 2.42. The Balaban J connectivity index is 1.97. The molecule has 1 N–H and O–H groups in total. The molecule has 2 nitrogen and oxygen atoms in total. The van der Waals surface area contributed by atoms with Crippen LogP contribution in [0.1, 0.15) is 16.5 Å². The SMILES string of the molecule is c1cc2c(s1)CCN1CCNCC21. The predicted octanol–water partition coefficient (Wildman–Crippen LogP) is 1.25. The summed E-state index contributed by atoms with van der Waals surface area (Å²) in [5, 5.41) is 5.72. The third kappa shape index (κ3) is 1.23. The molecule has 1 fully saturated rings. The largest absolute Gasteiger partial charge is 0.314 e. The van der Waals surface area contributed by atoms with Crippen LogP contribution in [0.5, 0.6) is 0 Å². The normalized spacial score (nSPS) is 28.2. The summed E-state index contributed by atoms with van der Waals surface area (Å²) < 4.78 is 0. The molecule has 3 heteroatoms. The van der Waals surface area contributed by atoms with Crippen molar-refractivity contribution in [2.75, 3.05) is 26.2 Å². The van der Waals surface area contributed by atoms with Crippen LogP contribution in [0.15, 0.2) is 11.4 Å². The molecule has 2 aliphatic heterocycles. The zero-order chi connectivity index (χ0) is 8.67. The average Bonchev–Trinajstić information content (AvgIpc) is 2.65. The molecular formula is C10H14N2S. The van der Waals surface area contributed by atoms with Gasteiger partial charge in [-0.05, 0) is 23.4 Å². The first-order valence-electron chi connectivity index (χ1n) is 4.96. The van der Waals surface area contributed by atoms with Gasteiger partial charge in [0, 0.05) is 37.1 Å². The van der Waals surface area contributed by atoms with E-state index in [1.165, 1.54) is 19.5 Å². The molecule has 13 heavy (non-hydrogen) atoms. The van der Waals surface area contributed by atoms with E-state index in [4.69, 9.17) is 0 Å². The van der Waals surface area contributed by atoms with Crippen molar-refractivity contribution >= 4 is 11.3 Å². The maximum Gasteiger partial charge on any atom is 0.0484 e. The highest BCUT2D eigenvalue weighted by Crippen LogP contribution is 2.33. The molecule has 0 amide bonds. The smallest absolute Gasteiger partial charge is 0.0484 e. The molecule has 3 heterocycles. The first kappa shape index (κ1) is 7.97. The van der Waals surface area contributed by atoms with Crippen molar-refractivity contribution in [3.05, 3.63) is 21.9 Å². The molecule has 0 spiro atoms. The lowest BCUT2D eigenvalue weighted by Crippen LogP contribution is -2.48. The maximum atomic E-state index is 3.48. The summed E-state index contributed by atoms with van der Waals surface area (Å²) in [5.41, 5.74) is 1.59. The fraction of sp³-hybridized carbons (Fsp3) is 0.600. The molecule has 0 saturated carbocycles. The van der Waals surface area contributed by atoms with Crippen LogP contribution >= 0.6 is 11.3 Å². The van der Waals surface area contributed by atoms with Crippen LogP contribution in [-0.4, -0.2) is 31.1 Å². The lowest BCUT2D eigenvalue weighted by molar-refractivity contribution is 0.153. The van der Waals surface area contributed by atoms with Crippen molar-refractivity contribution in [1.82, 2.24) is 10.2 Å². The average molecular weight is 194 g/mol. The summed E-state index contributed by atoms with van der Waals surface area (Å²) in [7, 11) is 0. The Morgan fingerprint density at radius 2 is 2.46 bits per heavy atom. The topological polar surface area (TPSA) is 15.3 Å². The third-order valence-electron chi connectivity index (χ3n) is 3.12. The van der Waals surface area contributed by atoms with Crippen LogP contribution in [0.4, 0.5) is 0 Å². The highest BCUT2D eigenvalue weighted by Gasteiger charge is 2.29. The quantitative estimate of drug-likeness (QED) is 0.668. The molecule has 1 saturated heterocycles. The van der Waals surface area contributed by atoms with E-state index < -0.39 is 0 Å². The van der Waals surface area contributed by atoms with Crippen molar-refractivity contribution in [2.24, 2.45) is 0 Å². The van der Waals surface area contributed by atoms with E-state index in [2.05, 4.69) is 21.7 Å².